The van der Waals surface area contributed by atoms with E-state index < -0.39 is 0 Å². The number of anilines is 1. The Morgan fingerprint density at radius 1 is 1.22 bits per heavy atom. The maximum Gasteiger partial charge on any atom is 0.130 e. The van der Waals surface area contributed by atoms with Crippen LogP contribution in [0.1, 0.15) is 31.5 Å². The van der Waals surface area contributed by atoms with Crippen LogP contribution in [-0.2, 0) is 6.42 Å². The first-order valence-electron chi connectivity index (χ1n) is 6.29. The van der Waals surface area contributed by atoms with Gasteiger partial charge in [-0.05, 0) is 37.3 Å². The molecule has 1 aromatic heterocycles. The second kappa shape index (κ2) is 6.69. The Bertz CT molecular complexity index is 474. The van der Waals surface area contributed by atoms with Crippen LogP contribution in [0.4, 0.5) is 5.82 Å². The minimum absolute atomic E-state index is 0.539. The monoisotopic (exact) mass is 242 g/mol. The topological polar surface area (TPSA) is 64.2 Å². The molecule has 1 aromatic rings. The predicted molar refractivity (Wildman–Crippen MR) is 74.3 cm³/mol. The SMILES string of the molecule is Nc1ccnc(CCCC2=CCCC=CN=C2)n1. The Labute approximate surface area is 107 Å². The van der Waals surface area contributed by atoms with Gasteiger partial charge in [0, 0.05) is 25.0 Å². The number of nitrogen functional groups attached to an aromatic ring is 1. The molecule has 0 radical (unpaired) electrons. The number of aliphatic imine (C=N–C) groups is 1. The molecular formula is C14H18N4. The molecule has 4 nitrogen and oxygen atoms in total. The van der Waals surface area contributed by atoms with Crippen molar-refractivity contribution in [2.24, 2.45) is 4.99 Å². The molecule has 0 saturated carbocycles. The summed E-state index contributed by atoms with van der Waals surface area (Å²) in [6, 6.07) is 1.71. The fraction of sp³-hybridized carbons (Fsp3) is 0.357. The highest BCUT2D eigenvalue weighted by Crippen LogP contribution is 2.10. The number of hydrogen-bond acceptors (Lipinski definition) is 4. The molecule has 2 N–H and O–H groups in total. The van der Waals surface area contributed by atoms with E-state index in [1.165, 1.54) is 5.57 Å². The van der Waals surface area contributed by atoms with Crippen molar-refractivity contribution in [1.82, 2.24) is 9.97 Å². The van der Waals surface area contributed by atoms with Crippen molar-refractivity contribution in [2.45, 2.75) is 32.1 Å². The number of rotatable bonds is 4. The molecule has 0 spiro atoms. The lowest BCUT2D eigenvalue weighted by molar-refractivity contribution is 0.776. The van der Waals surface area contributed by atoms with Crippen molar-refractivity contribution >= 4 is 12.0 Å². The van der Waals surface area contributed by atoms with Crippen LogP contribution in [0.5, 0.6) is 0 Å². The third-order valence-electron chi connectivity index (χ3n) is 2.76. The Morgan fingerprint density at radius 2 is 2.17 bits per heavy atom. The normalized spacial score (nSPS) is 15.0. The zero-order chi connectivity index (χ0) is 12.6. The second-order valence-electron chi connectivity index (χ2n) is 4.27. The van der Waals surface area contributed by atoms with Gasteiger partial charge in [-0.1, -0.05) is 12.2 Å². The molecule has 0 amide bonds. The van der Waals surface area contributed by atoms with Gasteiger partial charge in [-0.15, -0.1) is 0 Å². The summed E-state index contributed by atoms with van der Waals surface area (Å²) in [7, 11) is 0. The van der Waals surface area contributed by atoms with Crippen molar-refractivity contribution in [3.8, 4) is 0 Å². The average molecular weight is 242 g/mol. The fourth-order valence-corrected chi connectivity index (χ4v) is 1.84. The van der Waals surface area contributed by atoms with Gasteiger partial charge in [0.2, 0.25) is 0 Å². The van der Waals surface area contributed by atoms with E-state index in [0.717, 1.165) is 37.9 Å². The minimum atomic E-state index is 0.539. The summed E-state index contributed by atoms with van der Waals surface area (Å²) in [5.74, 6) is 1.36. The summed E-state index contributed by atoms with van der Waals surface area (Å²) in [5, 5.41) is 0. The van der Waals surface area contributed by atoms with Crippen LogP contribution < -0.4 is 5.73 Å². The molecular weight excluding hydrogens is 224 g/mol. The summed E-state index contributed by atoms with van der Waals surface area (Å²) in [4.78, 5) is 12.6. The largest absolute Gasteiger partial charge is 0.384 e. The smallest absolute Gasteiger partial charge is 0.130 e. The molecule has 0 aliphatic carbocycles. The first-order chi connectivity index (χ1) is 8.84. The number of allylic oxidation sites excluding steroid dienone is 3. The maximum absolute atomic E-state index is 5.62. The van der Waals surface area contributed by atoms with Crippen LogP contribution in [0.3, 0.4) is 0 Å². The zero-order valence-electron chi connectivity index (χ0n) is 10.4. The molecule has 0 unspecified atom stereocenters. The molecule has 2 heterocycles. The lowest BCUT2D eigenvalue weighted by atomic mass is 10.1. The van der Waals surface area contributed by atoms with Crippen molar-refractivity contribution in [3.63, 3.8) is 0 Å². The molecule has 0 saturated heterocycles. The zero-order valence-corrected chi connectivity index (χ0v) is 10.4. The first kappa shape index (κ1) is 12.5. The number of hydrogen-bond donors (Lipinski definition) is 1. The third-order valence-corrected chi connectivity index (χ3v) is 2.76. The summed E-state index contributed by atoms with van der Waals surface area (Å²) in [5.41, 5.74) is 6.91. The van der Waals surface area contributed by atoms with Gasteiger partial charge < -0.3 is 5.73 Å². The maximum atomic E-state index is 5.62. The third kappa shape index (κ3) is 4.13. The lowest BCUT2D eigenvalue weighted by Gasteiger charge is -2.03. The fourth-order valence-electron chi connectivity index (χ4n) is 1.84. The highest BCUT2D eigenvalue weighted by Gasteiger charge is 2.00. The molecule has 1 aliphatic rings. The Kier molecular flexibility index (Phi) is 4.64. The summed E-state index contributed by atoms with van der Waals surface area (Å²) < 4.78 is 0. The molecule has 1 aliphatic heterocycles. The Hall–Kier alpha value is -1.97. The molecule has 94 valence electrons. The van der Waals surface area contributed by atoms with Crippen molar-refractivity contribution in [2.75, 3.05) is 5.73 Å². The molecule has 0 aromatic carbocycles. The molecule has 0 fully saturated rings. The van der Waals surface area contributed by atoms with Crippen LogP contribution in [0.15, 0.2) is 41.2 Å². The van der Waals surface area contributed by atoms with Crippen LogP contribution in [-0.4, -0.2) is 16.2 Å². The molecule has 0 atom stereocenters. The van der Waals surface area contributed by atoms with Gasteiger partial charge >= 0.3 is 0 Å². The van der Waals surface area contributed by atoms with E-state index in [0.29, 0.717) is 5.82 Å². The van der Waals surface area contributed by atoms with Crippen LogP contribution in [0.25, 0.3) is 0 Å². The minimum Gasteiger partial charge on any atom is -0.384 e. The van der Waals surface area contributed by atoms with E-state index in [1.807, 2.05) is 12.4 Å². The van der Waals surface area contributed by atoms with Crippen LogP contribution in [0.2, 0.25) is 0 Å². The predicted octanol–water partition coefficient (Wildman–Crippen LogP) is 2.69. The van der Waals surface area contributed by atoms with Gasteiger partial charge in [-0.3, -0.25) is 4.99 Å². The quantitative estimate of drug-likeness (QED) is 0.882. The number of nitrogens with zero attached hydrogens (tertiary/aromatic N) is 3. The van der Waals surface area contributed by atoms with Gasteiger partial charge in [0.15, 0.2) is 0 Å². The van der Waals surface area contributed by atoms with E-state index in [2.05, 4.69) is 27.1 Å². The average Bonchev–Trinajstić information content (AvgIpc) is 2.32. The summed E-state index contributed by atoms with van der Waals surface area (Å²) >= 11 is 0. The van der Waals surface area contributed by atoms with Gasteiger partial charge in [0.1, 0.15) is 11.6 Å². The number of aryl methyl sites for hydroxylation is 1. The van der Waals surface area contributed by atoms with E-state index in [-0.39, 0.29) is 0 Å². The van der Waals surface area contributed by atoms with Gasteiger partial charge in [-0.25, -0.2) is 9.97 Å². The molecule has 18 heavy (non-hydrogen) atoms. The van der Waals surface area contributed by atoms with Gasteiger partial charge in [0.05, 0.1) is 0 Å². The highest BCUT2D eigenvalue weighted by atomic mass is 14.9. The highest BCUT2D eigenvalue weighted by molar-refractivity contribution is 5.79. The van der Waals surface area contributed by atoms with E-state index in [9.17, 15) is 0 Å². The number of aromatic nitrogens is 2. The van der Waals surface area contributed by atoms with E-state index in [4.69, 9.17) is 5.73 Å². The summed E-state index contributed by atoms with van der Waals surface area (Å²) in [6.45, 7) is 0. The Morgan fingerprint density at radius 3 is 3.06 bits per heavy atom. The van der Waals surface area contributed by atoms with Gasteiger partial charge in [-0.2, -0.15) is 0 Å². The van der Waals surface area contributed by atoms with Crippen LogP contribution in [0, 0.1) is 0 Å². The van der Waals surface area contributed by atoms with Crippen molar-refractivity contribution in [3.05, 3.63) is 42.0 Å². The standard InChI is InChI=1S/C14H18N4/c15-13-8-10-17-14(18-13)7-4-6-12-5-2-1-3-9-16-11-12/h3,5,8-11H,1-2,4,6-7H2,(H2,15,17,18). The van der Waals surface area contributed by atoms with Gasteiger partial charge in [0.25, 0.3) is 0 Å². The molecule has 4 heteroatoms. The summed E-state index contributed by atoms with van der Waals surface area (Å²) in [6.07, 6.45) is 14.9. The Balaban J connectivity index is 1.83. The lowest BCUT2D eigenvalue weighted by Crippen LogP contribution is -1.99. The van der Waals surface area contributed by atoms with Crippen LogP contribution >= 0.6 is 0 Å². The van der Waals surface area contributed by atoms with E-state index >= 15 is 0 Å². The van der Waals surface area contributed by atoms with E-state index in [1.54, 1.807) is 12.3 Å². The first-order valence-corrected chi connectivity index (χ1v) is 6.29. The molecule has 2 rings (SSSR count). The van der Waals surface area contributed by atoms with Crippen molar-refractivity contribution < 1.29 is 0 Å². The molecule has 0 bridgehead atoms. The second-order valence-corrected chi connectivity index (χ2v) is 4.27. The number of nitrogens with two attached hydrogens (primary N) is 1. The van der Waals surface area contributed by atoms with Crippen molar-refractivity contribution in [1.29, 1.82) is 0 Å².